The quantitative estimate of drug-likeness (QED) is 0.537. The van der Waals surface area contributed by atoms with E-state index in [1.54, 1.807) is 6.08 Å². The van der Waals surface area contributed by atoms with Crippen molar-refractivity contribution in [2.45, 2.75) is 6.54 Å². The third kappa shape index (κ3) is 5.97. The molecule has 0 aromatic heterocycles. The molecular formula is C26H26ClN3O. The van der Waals surface area contributed by atoms with Crippen LogP contribution >= 0.6 is 11.6 Å². The van der Waals surface area contributed by atoms with Crippen LogP contribution < -0.4 is 10.2 Å². The van der Waals surface area contributed by atoms with Crippen LogP contribution in [0.4, 0.5) is 11.4 Å². The molecule has 0 atom stereocenters. The molecule has 0 radical (unpaired) electrons. The van der Waals surface area contributed by atoms with Crippen molar-refractivity contribution in [1.29, 1.82) is 0 Å². The number of nitrogens with one attached hydrogen (secondary N) is 1. The van der Waals surface area contributed by atoms with Crippen molar-refractivity contribution < 1.29 is 4.79 Å². The number of hydrogen-bond acceptors (Lipinski definition) is 3. The Hall–Kier alpha value is -3.08. The SMILES string of the molecule is O=C(/C=C/c1ccccc1)Nc1ccc(N2CCN(Cc3ccccc3Cl)CC2)cc1. The van der Waals surface area contributed by atoms with Crippen molar-refractivity contribution in [3.63, 3.8) is 0 Å². The molecular weight excluding hydrogens is 406 g/mol. The predicted molar refractivity (Wildman–Crippen MR) is 129 cm³/mol. The minimum absolute atomic E-state index is 0.134. The Morgan fingerprint density at radius 2 is 1.55 bits per heavy atom. The highest BCUT2D eigenvalue weighted by atomic mass is 35.5. The second-order valence-corrected chi connectivity index (χ2v) is 8.04. The van der Waals surface area contributed by atoms with Crippen molar-refractivity contribution in [1.82, 2.24) is 4.90 Å². The fourth-order valence-corrected chi connectivity index (χ4v) is 3.90. The fraction of sp³-hybridized carbons (Fsp3) is 0.192. The minimum atomic E-state index is -0.134. The Balaban J connectivity index is 1.27. The summed E-state index contributed by atoms with van der Waals surface area (Å²) in [7, 11) is 0. The van der Waals surface area contributed by atoms with E-state index in [2.05, 4.69) is 33.3 Å². The minimum Gasteiger partial charge on any atom is -0.369 e. The molecule has 1 aliphatic rings. The average Bonchev–Trinajstić information content (AvgIpc) is 2.81. The Kier molecular flexibility index (Phi) is 7.03. The van der Waals surface area contributed by atoms with Gasteiger partial charge < -0.3 is 10.2 Å². The molecule has 31 heavy (non-hydrogen) atoms. The first kappa shape index (κ1) is 21.2. The molecule has 0 unspecified atom stereocenters. The molecule has 0 saturated carbocycles. The first-order valence-corrected chi connectivity index (χ1v) is 10.9. The summed E-state index contributed by atoms with van der Waals surface area (Å²) in [6, 6.07) is 25.9. The smallest absolute Gasteiger partial charge is 0.248 e. The molecule has 4 nitrogen and oxygen atoms in total. The second-order valence-electron chi connectivity index (χ2n) is 7.63. The topological polar surface area (TPSA) is 35.6 Å². The monoisotopic (exact) mass is 431 g/mol. The van der Waals surface area contributed by atoms with Crippen molar-refractivity contribution in [2.24, 2.45) is 0 Å². The lowest BCUT2D eigenvalue weighted by molar-refractivity contribution is -0.111. The van der Waals surface area contributed by atoms with Gasteiger partial charge in [-0.15, -0.1) is 0 Å². The fourth-order valence-electron chi connectivity index (χ4n) is 3.71. The number of carbonyl (C=O) groups excluding carboxylic acids is 1. The zero-order valence-corrected chi connectivity index (χ0v) is 18.1. The van der Waals surface area contributed by atoms with Gasteiger partial charge in [0.2, 0.25) is 5.91 Å². The van der Waals surface area contributed by atoms with Crippen LogP contribution in [0.25, 0.3) is 6.08 Å². The van der Waals surface area contributed by atoms with Crippen molar-refractivity contribution in [2.75, 3.05) is 36.4 Å². The van der Waals surface area contributed by atoms with E-state index in [0.29, 0.717) is 0 Å². The number of amides is 1. The zero-order chi connectivity index (χ0) is 21.5. The van der Waals surface area contributed by atoms with Gasteiger partial charge in [0.05, 0.1) is 0 Å². The summed E-state index contributed by atoms with van der Waals surface area (Å²) in [6.07, 6.45) is 3.37. The maximum Gasteiger partial charge on any atom is 0.248 e. The number of piperazine rings is 1. The summed E-state index contributed by atoms with van der Waals surface area (Å²) in [5.74, 6) is -0.134. The highest BCUT2D eigenvalue weighted by Crippen LogP contribution is 2.22. The third-order valence-electron chi connectivity index (χ3n) is 5.45. The number of halogens is 1. The lowest BCUT2D eigenvalue weighted by atomic mass is 10.2. The van der Waals surface area contributed by atoms with Gasteiger partial charge in [0.1, 0.15) is 0 Å². The van der Waals surface area contributed by atoms with E-state index < -0.39 is 0 Å². The maximum absolute atomic E-state index is 12.2. The molecule has 4 rings (SSSR count). The molecule has 1 heterocycles. The van der Waals surface area contributed by atoms with Gasteiger partial charge in [-0.05, 0) is 47.5 Å². The van der Waals surface area contributed by atoms with E-state index in [9.17, 15) is 4.79 Å². The van der Waals surface area contributed by atoms with Gasteiger partial charge in [-0.1, -0.05) is 60.1 Å². The number of hydrogen-bond donors (Lipinski definition) is 1. The summed E-state index contributed by atoms with van der Waals surface area (Å²) in [4.78, 5) is 17.0. The van der Waals surface area contributed by atoms with Gasteiger partial charge in [0, 0.05) is 55.2 Å². The summed E-state index contributed by atoms with van der Waals surface area (Å²) in [5.41, 5.74) is 4.15. The molecule has 3 aromatic rings. The van der Waals surface area contributed by atoms with E-state index in [1.165, 1.54) is 11.3 Å². The Bertz CT molecular complexity index is 1030. The van der Waals surface area contributed by atoms with Gasteiger partial charge in [-0.3, -0.25) is 9.69 Å². The molecule has 158 valence electrons. The van der Waals surface area contributed by atoms with Crippen molar-refractivity contribution >= 4 is 35.0 Å². The van der Waals surface area contributed by atoms with Gasteiger partial charge in [0.15, 0.2) is 0 Å². The molecule has 1 saturated heterocycles. The first-order valence-electron chi connectivity index (χ1n) is 10.5. The predicted octanol–water partition coefficient (Wildman–Crippen LogP) is 5.31. The van der Waals surface area contributed by atoms with E-state index >= 15 is 0 Å². The standard InChI is InChI=1S/C26H26ClN3O/c27-25-9-5-4-8-22(25)20-29-16-18-30(19-17-29)24-13-11-23(12-14-24)28-26(31)15-10-21-6-2-1-3-7-21/h1-15H,16-20H2,(H,28,31)/b15-10+. The Morgan fingerprint density at radius 1 is 0.871 bits per heavy atom. The molecule has 1 N–H and O–H groups in total. The van der Waals surface area contributed by atoms with E-state index in [-0.39, 0.29) is 5.91 Å². The molecule has 3 aromatic carbocycles. The second kappa shape index (κ2) is 10.3. The maximum atomic E-state index is 12.2. The van der Waals surface area contributed by atoms with Crippen LogP contribution in [0.3, 0.4) is 0 Å². The number of rotatable bonds is 6. The number of benzene rings is 3. The largest absolute Gasteiger partial charge is 0.369 e. The van der Waals surface area contributed by atoms with Gasteiger partial charge in [-0.2, -0.15) is 0 Å². The van der Waals surface area contributed by atoms with E-state index in [4.69, 9.17) is 11.6 Å². The van der Waals surface area contributed by atoms with Crippen molar-refractivity contribution in [3.8, 4) is 0 Å². The average molecular weight is 432 g/mol. The van der Waals surface area contributed by atoms with Crippen molar-refractivity contribution in [3.05, 3.63) is 101 Å². The summed E-state index contributed by atoms with van der Waals surface area (Å²) >= 11 is 6.30. The molecule has 1 aliphatic heterocycles. The third-order valence-corrected chi connectivity index (χ3v) is 5.82. The number of anilines is 2. The van der Waals surface area contributed by atoms with Crippen LogP contribution in [0.5, 0.6) is 0 Å². The molecule has 0 bridgehead atoms. The normalized spacial score (nSPS) is 14.7. The van der Waals surface area contributed by atoms with E-state index in [0.717, 1.165) is 49.0 Å². The highest BCUT2D eigenvalue weighted by Gasteiger charge is 2.18. The molecule has 1 amide bonds. The van der Waals surface area contributed by atoms with Crippen LogP contribution in [0, 0.1) is 0 Å². The highest BCUT2D eigenvalue weighted by molar-refractivity contribution is 6.31. The van der Waals surface area contributed by atoms with Crippen LogP contribution in [-0.4, -0.2) is 37.0 Å². The first-order chi connectivity index (χ1) is 15.2. The zero-order valence-electron chi connectivity index (χ0n) is 17.4. The van der Waals surface area contributed by atoms with E-state index in [1.807, 2.05) is 66.7 Å². The summed E-state index contributed by atoms with van der Waals surface area (Å²) in [5, 5.41) is 3.75. The van der Waals surface area contributed by atoms with Crippen LogP contribution in [0.1, 0.15) is 11.1 Å². The lowest BCUT2D eigenvalue weighted by Crippen LogP contribution is -2.46. The van der Waals surface area contributed by atoms with Crippen LogP contribution in [-0.2, 0) is 11.3 Å². The Morgan fingerprint density at radius 3 is 2.26 bits per heavy atom. The van der Waals surface area contributed by atoms with Gasteiger partial charge in [-0.25, -0.2) is 0 Å². The van der Waals surface area contributed by atoms with Crippen LogP contribution in [0.15, 0.2) is 84.9 Å². The molecule has 0 spiro atoms. The molecule has 0 aliphatic carbocycles. The number of carbonyl (C=O) groups is 1. The Labute approximate surface area is 188 Å². The molecule has 5 heteroatoms. The van der Waals surface area contributed by atoms with Crippen LogP contribution in [0.2, 0.25) is 5.02 Å². The number of nitrogens with zero attached hydrogens (tertiary/aromatic N) is 2. The molecule has 1 fully saturated rings. The summed E-state index contributed by atoms with van der Waals surface area (Å²) in [6.45, 7) is 4.81. The van der Waals surface area contributed by atoms with Gasteiger partial charge >= 0.3 is 0 Å². The van der Waals surface area contributed by atoms with Gasteiger partial charge in [0.25, 0.3) is 0 Å². The lowest BCUT2D eigenvalue weighted by Gasteiger charge is -2.36. The summed E-state index contributed by atoms with van der Waals surface area (Å²) < 4.78 is 0.